The molecule has 3 heteroatoms. The van der Waals surface area contributed by atoms with Gasteiger partial charge >= 0.3 is 0 Å². The van der Waals surface area contributed by atoms with Crippen LogP contribution < -0.4 is 10.1 Å². The van der Waals surface area contributed by atoms with Crippen molar-refractivity contribution in [1.29, 1.82) is 0 Å². The predicted octanol–water partition coefficient (Wildman–Crippen LogP) is 2.98. The molecule has 1 unspecified atom stereocenters. The summed E-state index contributed by atoms with van der Waals surface area (Å²) in [5.41, 5.74) is 1.12. The van der Waals surface area contributed by atoms with Crippen LogP contribution in [0.4, 0.5) is 5.69 Å². The first kappa shape index (κ1) is 12.8. The van der Waals surface area contributed by atoms with E-state index in [1.165, 1.54) is 19.4 Å². The summed E-state index contributed by atoms with van der Waals surface area (Å²) in [6.07, 6.45) is 3.09. The van der Waals surface area contributed by atoms with Gasteiger partial charge in [-0.1, -0.05) is 12.1 Å². The molecular weight excluding hydrogens is 236 g/mol. The number of benzene rings is 1. The average Bonchev–Trinajstić information content (AvgIpc) is 3.22. The molecule has 1 heterocycles. The number of ether oxygens (including phenoxy) is 1. The number of hydrogen-bond acceptors (Lipinski definition) is 3. The smallest absolute Gasteiger partial charge is 0.142 e. The molecule has 1 aliphatic heterocycles. The second kappa shape index (κ2) is 5.41. The van der Waals surface area contributed by atoms with E-state index < -0.39 is 0 Å². The van der Waals surface area contributed by atoms with Crippen LogP contribution >= 0.6 is 0 Å². The molecule has 0 amide bonds. The van der Waals surface area contributed by atoms with E-state index in [9.17, 15) is 0 Å². The molecule has 0 aromatic heterocycles. The van der Waals surface area contributed by atoms with Gasteiger partial charge in [0, 0.05) is 19.1 Å². The third kappa shape index (κ3) is 3.21. The van der Waals surface area contributed by atoms with Crippen LogP contribution in [0.2, 0.25) is 0 Å². The lowest BCUT2D eigenvalue weighted by atomic mass is 10.2. The van der Waals surface area contributed by atoms with Crippen molar-refractivity contribution in [2.75, 3.05) is 25.0 Å². The molecule has 1 N–H and O–H groups in total. The van der Waals surface area contributed by atoms with E-state index in [1.807, 2.05) is 12.1 Å². The first-order valence-corrected chi connectivity index (χ1v) is 7.46. The van der Waals surface area contributed by atoms with Crippen molar-refractivity contribution in [3.05, 3.63) is 24.3 Å². The fourth-order valence-electron chi connectivity index (χ4n) is 2.65. The summed E-state index contributed by atoms with van der Waals surface area (Å²) in [4.78, 5) is 2.57. The summed E-state index contributed by atoms with van der Waals surface area (Å²) < 4.78 is 6.11. The number of anilines is 1. The van der Waals surface area contributed by atoms with Gasteiger partial charge in [0.2, 0.25) is 0 Å². The Balaban J connectivity index is 1.60. The Morgan fingerprint density at radius 2 is 2.05 bits per heavy atom. The Labute approximate surface area is 115 Å². The van der Waals surface area contributed by atoms with E-state index >= 15 is 0 Å². The fraction of sp³-hybridized carbons (Fsp3) is 0.625. The van der Waals surface area contributed by atoms with Gasteiger partial charge in [-0.05, 0) is 44.7 Å². The van der Waals surface area contributed by atoms with E-state index in [0.717, 1.165) is 30.4 Å². The topological polar surface area (TPSA) is 24.5 Å². The molecule has 1 atom stereocenters. The standard InChI is InChI=1S/C16H24N2O/c1-12(2)18(10-13-7-8-13)11-14-9-17-15-5-3-4-6-16(15)19-14/h3-6,12-14,17H,7-11H2,1-2H3. The largest absolute Gasteiger partial charge is 0.485 e. The molecule has 0 spiro atoms. The molecule has 1 fully saturated rings. The average molecular weight is 260 g/mol. The van der Waals surface area contributed by atoms with Crippen molar-refractivity contribution >= 4 is 5.69 Å². The van der Waals surface area contributed by atoms with Crippen molar-refractivity contribution in [1.82, 2.24) is 4.90 Å². The first-order chi connectivity index (χ1) is 9.22. The van der Waals surface area contributed by atoms with Gasteiger partial charge in [0.25, 0.3) is 0 Å². The number of nitrogens with one attached hydrogen (secondary N) is 1. The zero-order chi connectivity index (χ0) is 13.2. The summed E-state index contributed by atoms with van der Waals surface area (Å²) in [6.45, 7) is 7.73. The van der Waals surface area contributed by atoms with Gasteiger partial charge < -0.3 is 10.1 Å². The summed E-state index contributed by atoms with van der Waals surface area (Å²) >= 11 is 0. The van der Waals surface area contributed by atoms with Gasteiger partial charge in [0.1, 0.15) is 11.9 Å². The highest BCUT2D eigenvalue weighted by atomic mass is 16.5. The van der Waals surface area contributed by atoms with Crippen LogP contribution in [0.5, 0.6) is 5.75 Å². The lowest BCUT2D eigenvalue weighted by molar-refractivity contribution is 0.112. The molecule has 1 aromatic rings. The Bertz CT molecular complexity index is 429. The molecule has 0 radical (unpaired) electrons. The zero-order valence-corrected chi connectivity index (χ0v) is 11.9. The first-order valence-electron chi connectivity index (χ1n) is 7.46. The summed E-state index contributed by atoms with van der Waals surface area (Å²) in [5, 5.41) is 3.47. The summed E-state index contributed by atoms with van der Waals surface area (Å²) in [7, 11) is 0. The monoisotopic (exact) mass is 260 g/mol. The SMILES string of the molecule is CC(C)N(CC1CC1)CC1CNc2ccccc2O1. The normalized spacial score (nSPS) is 22.0. The van der Waals surface area contributed by atoms with Crippen LogP contribution in [-0.2, 0) is 0 Å². The van der Waals surface area contributed by atoms with E-state index in [0.29, 0.717) is 6.04 Å². The number of nitrogens with zero attached hydrogens (tertiary/aromatic N) is 1. The Kier molecular flexibility index (Phi) is 3.65. The maximum Gasteiger partial charge on any atom is 0.142 e. The molecule has 1 aromatic carbocycles. The number of rotatable bonds is 5. The van der Waals surface area contributed by atoms with Crippen LogP contribution in [0.15, 0.2) is 24.3 Å². The van der Waals surface area contributed by atoms with E-state index in [1.54, 1.807) is 0 Å². The van der Waals surface area contributed by atoms with Gasteiger partial charge in [-0.2, -0.15) is 0 Å². The Hall–Kier alpha value is -1.22. The molecule has 2 aliphatic rings. The zero-order valence-electron chi connectivity index (χ0n) is 11.9. The van der Waals surface area contributed by atoms with Gasteiger partial charge in [-0.25, -0.2) is 0 Å². The highest BCUT2D eigenvalue weighted by Gasteiger charge is 2.28. The van der Waals surface area contributed by atoms with Crippen molar-refractivity contribution in [2.45, 2.75) is 38.8 Å². The Morgan fingerprint density at radius 1 is 1.26 bits per heavy atom. The minimum absolute atomic E-state index is 0.260. The Morgan fingerprint density at radius 3 is 2.79 bits per heavy atom. The minimum Gasteiger partial charge on any atom is -0.485 e. The quantitative estimate of drug-likeness (QED) is 0.881. The second-order valence-electron chi connectivity index (χ2n) is 6.11. The van der Waals surface area contributed by atoms with Crippen LogP contribution in [-0.4, -0.2) is 36.7 Å². The highest BCUT2D eigenvalue weighted by Crippen LogP contribution is 2.31. The number of fused-ring (bicyclic) bond motifs is 1. The molecular formula is C16H24N2O. The molecule has 1 saturated carbocycles. The number of para-hydroxylation sites is 2. The van der Waals surface area contributed by atoms with Crippen molar-refractivity contribution < 1.29 is 4.74 Å². The molecule has 0 bridgehead atoms. The van der Waals surface area contributed by atoms with Crippen molar-refractivity contribution in [2.24, 2.45) is 5.92 Å². The molecule has 3 rings (SSSR count). The van der Waals surface area contributed by atoms with Crippen LogP contribution in [0, 0.1) is 5.92 Å². The van der Waals surface area contributed by atoms with E-state index in [-0.39, 0.29) is 6.10 Å². The van der Waals surface area contributed by atoms with Crippen LogP contribution in [0.1, 0.15) is 26.7 Å². The third-order valence-electron chi connectivity index (χ3n) is 4.06. The lowest BCUT2D eigenvalue weighted by Gasteiger charge is -2.34. The lowest BCUT2D eigenvalue weighted by Crippen LogP contribution is -2.45. The third-order valence-corrected chi connectivity index (χ3v) is 4.06. The number of hydrogen-bond donors (Lipinski definition) is 1. The summed E-state index contributed by atoms with van der Waals surface area (Å²) in [6, 6.07) is 8.81. The van der Waals surface area contributed by atoms with Gasteiger partial charge in [-0.3, -0.25) is 4.90 Å². The fourth-order valence-corrected chi connectivity index (χ4v) is 2.65. The second-order valence-corrected chi connectivity index (χ2v) is 6.11. The molecule has 3 nitrogen and oxygen atoms in total. The minimum atomic E-state index is 0.260. The maximum atomic E-state index is 6.11. The van der Waals surface area contributed by atoms with E-state index in [4.69, 9.17) is 4.74 Å². The van der Waals surface area contributed by atoms with Gasteiger partial charge in [0.05, 0.1) is 12.2 Å². The van der Waals surface area contributed by atoms with Crippen molar-refractivity contribution in [3.63, 3.8) is 0 Å². The maximum absolute atomic E-state index is 6.11. The van der Waals surface area contributed by atoms with Gasteiger partial charge in [-0.15, -0.1) is 0 Å². The van der Waals surface area contributed by atoms with Crippen LogP contribution in [0.3, 0.4) is 0 Å². The summed E-state index contributed by atoms with van der Waals surface area (Å²) in [5.74, 6) is 1.93. The molecule has 1 aliphatic carbocycles. The molecule has 0 saturated heterocycles. The van der Waals surface area contributed by atoms with Crippen LogP contribution in [0.25, 0.3) is 0 Å². The highest BCUT2D eigenvalue weighted by molar-refractivity contribution is 5.57. The van der Waals surface area contributed by atoms with Crippen molar-refractivity contribution in [3.8, 4) is 5.75 Å². The predicted molar refractivity (Wildman–Crippen MR) is 78.8 cm³/mol. The van der Waals surface area contributed by atoms with Gasteiger partial charge in [0.15, 0.2) is 0 Å². The molecule has 19 heavy (non-hydrogen) atoms. The van der Waals surface area contributed by atoms with E-state index in [2.05, 4.69) is 36.2 Å². The molecule has 104 valence electrons.